The smallest absolute Gasteiger partial charge is 0.262 e. The summed E-state index contributed by atoms with van der Waals surface area (Å²) < 4.78 is 39.2. The van der Waals surface area contributed by atoms with Gasteiger partial charge in [-0.3, -0.25) is 4.72 Å². The van der Waals surface area contributed by atoms with Crippen LogP contribution in [0.25, 0.3) is 0 Å². The quantitative estimate of drug-likeness (QED) is 0.565. The number of aryl methyl sites for hydroxylation is 1. The second kappa shape index (κ2) is 8.78. The lowest BCUT2D eigenvalue weighted by atomic mass is 10.3. The topological polar surface area (TPSA) is 106 Å². The van der Waals surface area contributed by atoms with Gasteiger partial charge >= 0.3 is 0 Å². The van der Waals surface area contributed by atoms with E-state index in [-0.39, 0.29) is 4.90 Å². The summed E-state index contributed by atoms with van der Waals surface area (Å²) in [6.45, 7) is 4.73. The molecule has 0 spiro atoms. The van der Waals surface area contributed by atoms with Crippen LogP contribution in [0.1, 0.15) is 18.7 Å². The van der Waals surface area contributed by atoms with Crippen molar-refractivity contribution >= 4 is 33.0 Å². The normalized spacial score (nSPS) is 15.4. The highest BCUT2D eigenvalue weighted by atomic mass is 32.2. The minimum Gasteiger partial charge on any atom is -0.486 e. The fraction of sp³-hybridized carbons (Fsp3) is 0.304. The van der Waals surface area contributed by atoms with Gasteiger partial charge in [0.15, 0.2) is 11.5 Å². The molecule has 2 N–H and O–H groups in total. The van der Waals surface area contributed by atoms with Gasteiger partial charge in [0.2, 0.25) is 0 Å². The molecule has 0 bridgehead atoms. The zero-order valence-corrected chi connectivity index (χ0v) is 19.1. The second-order valence-electron chi connectivity index (χ2n) is 7.97. The van der Waals surface area contributed by atoms with Crippen LogP contribution >= 0.6 is 0 Å². The molecule has 3 heterocycles. The first kappa shape index (κ1) is 21.3. The van der Waals surface area contributed by atoms with Gasteiger partial charge in [0.1, 0.15) is 30.7 Å². The molecule has 33 heavy (non-hydrogen) atoms. The molecule has 2 aliphatic rings. The first-order valence-electron chi connectivity index (χ1n) is 10.9. The maximum Gasteiger partial charge on any atom is 0.262 e. The lowest BCUT2D eigenvalue weighted by Gasteiger charge is -2.19. The largest absolute Gasteiger partial charge is 0.486 e. The van der Waals surface area contributed by atoms with Gasteiger partial charge in [-0.15, -0.1) is 0 Å². The van der Waals surface area contributed by atoms with Crippen LogP contribution in [0.5, 0.6) is 11.5 Å². The van der Waals surface area contributed by atoms with Crippen molar-refractivity contribution in [1.82, 2.24) is 9.97 Å². The van der Waals surface area contributed by atoms with E-state index in [9.17, 15) is 8.42 Å². The van der Waals surface area contributed by atoms with Crippen LogP contribution in [0.2, 0.25) is 0 Å². The third-order valence-electron chi connectivity index (χ3n) is 5.49. The third-order valence-corrected chi connectivity index (χ3v) is 6.87. The number of sulfonamides is 1. The number of rotatable bonds is 6. The number of nitrogens with zero attached hydrogens (tertiary/aromatic N) is 3. The Hall–Kier alpha value is -3.53. The van der Waals surface area contributed by atoms with Gasteiger partial charge in [-0.05, 0) is 56.2 Å². The van der Waals surface area contributed by atoms with Crippen LogP contribution in [0.15, 0.2) is 53.4 Å². The van der Waals surface area contributed by atoms with Gasteiger partial charge in [0.05, 0.1) is 4.90 Å². The Bertz CT molecular complexity index is 1260. The van der Waals surface area contributed by atoms with E-state index >= 15 is 0 Å². The summed E-state index contributed by atoms with van der Waals surface area (Å²) in [5, 5.41) is 3.28. The SMILES string of the molecule is Cc1nc(Nc2ccc(NS(=O)(=O)c3ccc4c(c3)OCCO4)cc2)cc(N2CCCC2)n1. The van der Waals surface area contributed by atoms with Crippen molar-refractivity contribution < 1.29 is 17.9 Å². The van der Waals surface area contributed by atoms with Gasteiger partial charge in [0, 0.05) is 36.6 Å². The van der Waals surface area contributed by atoms with Crippen molar-refractivity contribution in [2.45, 2.75) is 24.7 Å². The average molecular weight is 468 g/mol. The molecule has 2 aromatic carbocycles. The molecule has 0 amide bonds. The lowest BCUT2D eigenvalue weighted by Crippen LogP contribution is -2.19. The maximum absolute atomic E-state index is 12.8. The average Bonchev–Trinajstić information content (AvgIpc) is 3.35. The zero-order valence-electron chi connectivity index (χ0n) is 18.2. The summed E-state index contributed by atoms with van der Waals surface area (Å²) in [7, 11) is -3.77. The fourth-order valence-corrected chi connectivity index (χ4v) is 4.97. The minimum absolute atomic E-state index is 0.111. The Balaban J connectivity index is 1.29. The highest BCUT2D eigenvalue weighted by molar-refractivity contribution is 7.92. The first-order chi connectivity index (χ1) is 16.0. The number of fused-ring (bicyclic) bond motifs is 1. The highest BCUT2D eigenvalue weighted by Gasteiger charge is 2.20. The molecule has 1 aromatic heterocycles. The van der Waals surface area contributed by atoms with Crippen molar-refractivity contribution in [1.29, 1.82) is 0 Å². The maximum atomic E-state index is 12.8. The predicted octanol–water partition coefficient (Wildman–Crippen LogP) is 3.70. The summed E-state index contributed by atoms with van der Waals surface area (Å²) in [4.78, 5) is 11.4. The fourth-order valence-electron chi connectivity index (χ4n) is 3.90. The molecule has 0 atom stereocenters. The van der Waals surface area contributed by atoms with Gasteiger partial charge in [-0.2, -0.15) is 0 Å². The van der Waals surface area contributed by atoms with E-state index < -0.39 is 10.0 Å². The number of hydrogen-bond donors (Lipinski definition) is 2. The molecule has 0 saturated carbocycles. The van der Waals surface area contributed by atoms with Crippen molar-refractivity contribution in [2.75, 3.05) is 41.2 Å². The van der Waals surface area contributed by atoms with Crippen molar-refractivity contribution in [3.8, 4) is 11.5 Å². The van der Waals surface area contributed by atoms with E-state index in [4.69, 9.17) is 9.47 Å². The standard InChI is InChI=1S/C23H25N5O4S/c1-16-24-22(15-23(25-16)28-10-2-3-11-28)26-17-4-6-18(7-5-17)27-33(29,30)19-8-9-20-21(14-19)32-13-12-31-20/h4-9,14-15,27H,2-3,10-13H2,1H3,(H,24,25,26). The van der Waals surface area contributed by atoms with Crippen molar-refractivity contribution in [2.24, 2.45) is 0 Å². The Morgan fingerprint density at radius 1 is 0.879 bits per heavy atom. The van der Waals surface area contributed by atoms with E-state index in [0.717, 1.165) is 24.6 Å². The summed E-state index contributed by atoms with van der Waals surface area (Å²) in [5.74, 6) is 3.30. The van der Waals surface area contributed by atoms with Crippen molar-refractivity contribution in [3.63, 3.8) is 0 Å². The molecule has 2 aliphatic heterocycles. The number of hydrogen-bond acceptors (Lipinski definition) is 8. The zero-order chi connectivity index (χ0) is 22.8. The van der Waals surface area contributed by atoms with Crippen molar-refractivity contribution in [3.05, 3.63) is 54.4 Å². The van der Waals surface area contributed by atoms with Crippen LogP contribution < -0.4 is 24.4 Å². The van der Waals surface area contributed by atoms with Gasteiger partial charge in [-0.1, -0.05) is 0 Å². The Kier molecular flexibility index (Phi) is 5.67. The number of ether oxygens (including phenoxy) is 2. The number of aromatic nitrogens is 2. The first-order valence-corrected chi connectivity index (χ1v) is 12.3. The minimum atomic E-state index is -3.77. The predicted molar refractivity (Wildman–Crippen MR) is 126 cm³/mol. The monoisotopic (exact) mass is 467 g/mol. The van der Waals surface area contributed by atoms with E-state index in [1.54, 1.807) is 30.3 Å². The number of anilines is 4. The summed E-state index contributed by atoms with van der Waals surface area (Å²) in [5.41, 5.74) is 1.25. The van der Waals surface area contributed by atoms with Crippen LogP contribution in [-0.2, 0) is 10.0 Å². The van der Waals surface area contributed by atoms with E-state index in [2.05, 4.69) is 24.9 Å². The molecule has 3 aromatic rings. The summed E-state index contributed by atoms with van der Waals surface area (Å²) >= 11 is 0. The van der Waals surface area contributed by atoms with Crippen LogP contribution in [0.3, 0.4) is 0 Å². The molecular formula is C23H25N5O4S. The second-order valence-corrected chi connectivity index (χ2v) is 9.65. The number of nitrogens with one attached hydrogen (secondary N) is 2. The molecule has 5 rings (SSSR count). The van der Waals surface area contributed by atoms with E-state index in [1.165, 1.54) is 25.0 Å². The molecule has 10 heteroatoms. The molecular weight excluding hydrogens is 442 g/mol. The van der Waals surface area contributed by atoms with Crippen LogP contribution in [0.4, 0.5) is 23.0 Å². The Labute approximate surface area is 192 Å². The van der Waals surface area contributed by atoms with Crippen LogP contribution in [0, 0.1) is 6.92 Å². The molecule has 1 fully saturated rings. The van der Waals surface area contributed by atoms with E-state index in [0.29, 0.717) is 42.0 Å². The van der Waals surface area contributed by atoms with Crippen LogP contribution in [-0.4, -0.2) is 44.7 Å². The molecule has 172 valence electrons. The van der Waals surface area contributed by atoms with Gasteiger partial charge in [-0.25, -0.2) is 18.4 Å². The third kappa shape index (κ3) is 4.80. The molecule has 0 radical (unpaired) electrons. The highest BCUT2D eigenvalue weighted by Crippen LogP contribution is 2.33. The molecule has 9 nitrogen and oxygen atoms in total. The molecule has 1 saturated heterocycles. The van der Waals surface area contributed by atoms with Gasteiger partial charge in [0.25, 0.3) is 10.0 Å². The molecule has 0 aliphatic carbocycles. The van der Waals surface area contributed by atoms with E-state index in [1.807, 2.05) is 13.0 Å². The Morgan fingerprint density at radius 3 is 2.33 bits per heavy atom. The molecule has 0 unspecified atom stereocenters. The number of benzene rings is 2. The lowest BCUT2D eigenvalue weighted by molar-refractivity contribution is 0.171. The van der Waals surface area contributed by atoms with Gasteiger partial charge < -0.3 is 19.7 Å². The Morgan fingerprint density at radius 2 is 1.58 bits per heavy atom. The summed E-state index contributed by atoms with van der Waals surface area (Å²) in [6, 6.07) is 13.5. The summed E-state index contributed by atoms with van der Waals surface area (Å²) in [6.07, 6.45) is 2.35.